The topological polar surface area (TPSA) is 47.4 Å². The van der Waals surface area contributed by atoms with E-state index >= 15 is 0 Å². The SMILES string of the molecule is CC1CCCN1CCCOc1ccc(-n2cc(C(=O)CC(C)(C)C)cn2)cc1. The normalized spacial score (nSPS) is 17.8. The predicted molar refractivity (Wildman–Crippen MR) is 112 cm³/mol. The summed E-state index contributed by atoms with van der Waals surface area (Å²) in [5.74, 6) is 1.00. The molecule has 0 amide bonds. The first kappa shape index (κ1) is 20.6. The van der Waals surface area contributed by atoms with Crippen LogP contribution in [0.1, 0.15) is 63.7 Å². The van der Waals surface area contributed by atoms with Crippen molar-refractivity contribution >= 4 is 5.78 Å². The third-order valence-corrected chi connectivity index (χ3v) is 5.25. The number of Topliss-reactive ketones (excluding diaryl/α,β-unsaturated/α-hetero) is 1. The molecule has 1 aromatic heterocycles. The summed E-state index contributed by atoms with van der Waals surface area (Å²) in [5, 5.41) is 4.34. The highest BCUT2D eigenvalue weighted by molar-refractivity contribution is 5.96. The van der Waals surface area contributed by atoms with Crippen LogP contribution in [0.4, 0.5) is 0 Å². The van der Waals surface area contributed by atoms with E-state index in [1.807, 2.05) is 24.3 Å². The Bertz CT molecular complexity index is 774. The molecule has 5 nitrogen and oxygen atoms in total. The van der Waals surface area contributed by atoms with Gasteiger partial charge in [-0.3, -0.25) is 4.79 Å². The molecular weight excluding hydrogens is 350 g/mol. The lowest BCUT2D eigenvalue weighted by atomic mass is 9.88. The molecule has 1 saturated heterocycles. The van der Waals surface area contributed by atoms with Gasteiger partial charge in [0.1, 0.15) is 5.75 Å². The molecule has 1 aliphatic rings. The third-order valence-electron chi connectivity index (χ3n) is 5.25. The zero-order valence-electron chi connectivity index (χ0n) is 17.6. The molecule has 1 aromatic carbocycles. The predicted octanol–water partition coefficient (Wildman–Crippen LogP) is 4.74. The number of rotatable bonds is 8. The van der Waals surface area contributed by atoms with Gasteiger partial charge in [-0.1, -0.05) is 20.8 Å². The second-order valence-electron chi connectivity index (χ2n) is 9.06. The van der Waals surface area contributed by atoms with E-state index in [9.17, 15) is 4.79 Å². The lowest BCUT2D eigenvalue weighted by Crippen LogP contribution is -2.28. The average Bonchev–Trinajstić information content (AvgIpc) is 3.27. The third kappa shape index (κ3) is 5.68. The Morgan fingerprint density at radius 2 is 2.00 bits per heavy atom. The van der Waals surface area contributed by atoms with Gasteiger partial charge in [0.15, 0.2) is 5.78 Å². The molecule has 152 valence electrons. The van der Waals surface area contributed by atoms with Gasteiger partial charge in [-0.05, 0) is 62.4 Å². The summed E-state index contributed by atoms with van der Waals surface area (Å²) in [4.78, 5) is 14.9. The number of aromatic nitrogens is 2. The molecule has 2 heterocycles. The van der Waals surface area contributed by atoms with Gasteiger partial charge in [0.05, 0.1) is 24.1 Å². The quantitative estimate of drug-likeness (QED) is 0.488. The fourth-order valence-corrected chi connectivity index (χ4v) is 3.67. The van der Waals surface area contributed by atoms with Crippen LogP contribution in [0.3, 0.4) is 0 Å². The van der Waals surface area contributed by atoms with Crippen LogP contribution < -0.4 is 4.74 Å². The molecule has 0 N–H and O–H groups in total. The Morgan fingerprint density at radius 1 is 1.25 bits per heavy atom. The van der Waals surface area contributed by atoms with Crippen LogP contribution in [0.2, 0.25) is 0 Å². The molecule has 0 bridgehead atoms. The van der Waals surface area contributed by atoms with Crippen molar-refractivity contribution in [2.24, 2.45) is 5.41 Å². The first-order chi connectivity index (χ1) is 13.3. The van der Waals surface area contributed by atoms with Crippen molar-refractivity contribution in [3.05, 3.63) is 42.2 Å². The van der Waals surface area contributed by atoms with Crippen molar-refractivity contribution in [3.8, 4) is 11.4 Å². The number of benzene rings is 1. The van der Waals surface area contributed by atoms with Crippen molar-refractivity contribution in [1.82, 2.24) is 14.7 Å². The van der Waals surface area contributed by atoms with Crippen LogP contribution in [-0.2, 0) is 0 Å². The lowest BCUT2D eigenvalue weighted by molar-refractivity contribution is 0.0940. The number of hydrogen-bond donors (Lipinski definition) is 0. The Labute approximate surface area is 168 Å². The molecule has 1 fully saturated rings. The van der Waals surface area contributed by atoms with E-state index in [1.165, 1.54) is 19.4 Å². The van der Waals surface area contributed by atoms with E-state index in [1.54, 1.807) is 17.1 Å². The summed E-state index contributed by atoms with van der Waals surface area (Å²) in [7, 11) is 0. The standard InChI is InChI=1S/C23H33N3O2/c1-18-7-5-12-25(18)13-6-14-28-21-10-8-20(9-11-21)26-17-19(16-24-26)22(27)15-23(2,3)4/h8-11,16-18H,5-7,12-15H2,1-4H3. The molecule has 3 rings (SSSR count). The molecule has 0 saturated carbocycles. The molecule has 0 spiro atoms. The molecule has 28 heavy (non-hydrogen) atoms. The molecule has 1 atom stereocenters. The summed E-state index contributed by atoms with van der Waals surface area (Å²) in [5.41, 5.74) is 1.56. The van der Waals surface area contributed by atoms with Gasteiger partial charge in [-0.25, -0.2) is 4.68 Å². The largest absolute Gasteiger partial charge is 0.494 e. The van der Waals surface area contributed by atoms with Crippen LogP contribution in [0.15, 0.2) is 36.7 Å². The van der Waals surface area contributed by atoms with Gasteiger partial charge in [0.25, 0.3) is 0 Å². The fourth-order valence-electron chi connectivity index (χ4n) is 3.67. The van der Waals surface area contributed by atoms with Gasteiger partial charge < -0.3 is 9.64 Å². The number of nitrogens with zero attached hydrogens (tertiary/aromatic N) is 3. The minimum absolute atomic E-state index is 0.0228. The number of carbonyl (C=O) groups is 1. The van der Waals surface area contributed by atoms with E-state index < -0.39 is 0 Å². The maximum atomic E-state index is 12.3. The highest BCUT2D eigenvalue weighted by Crippen LogP contribution is 2.22. The zero-order valence-corrected chi connectivity index (χ0v) is 17.6. The molecule has 0 aliphatic carbocycles. The molecule has 0 radical (unpaired) electrons. The van der Waals surface area contributed by atoms with Crippen LogP contribution in [-0.4, -0.2) is 46.2 Å². The monoisotopic (exact) mass is 383 g/mol. The Hall–Kier alpha value is -2.14. The number of hydrogen-bond acceptors (Lipinski definition) is 4. The summed E-state index contributed by atoms with van der Waals surface area (Å²) >= 11 is 0. The maximum Gasteiger partial charge on any atom is 0.166 e. The second kappa shape index (κ2) is 8.91. The molecule has 2 aromatic rings. The number of carbonyl (C=O) groups excluding carboxylic acids is 1. The van der Waals surface area contributed by atoms with Gasteiger partial charge in [0, 0.05) is 25.2 Å². The number of ether oxygens (including phenoxy) is 1. The van der Waals surface area contributed by atoms with Gasteiger partial charge >= 0.3 is 0 Å². The van der Waals surface area contributed by atoms with Crippen molar-refractivity contribution in [2.75, 3.05) is 19.7 Å². The molecule has 1 unspecified atom stereocenters. The molecular formula is C23H33N3O2. The summed E-state index contributed by atoms with van der Waals surface area (Å²) in [6.07, 6.45) is 7.66. The van der Waals surface area contributed by atoms with Gasteiger partial charge in [0.2, 0.25) is 0 Å². The first-order valence-electron chi connectivity index (χ1n) is 10.4. The van der Waals surface area contributed by atoms with Crippen molar-refractivity contribution < 1.29 is 9.53 Å². The van der Waals surface area contributed by atoms with E-state index in [-0.39, 0.29) is 11.2 Å². The van der Waals surface area contributed by atoms with Gasteiger partial charge in [-0.15, -0.1) is 0 Å². The van der Waals surface area contributed by atoms with Crippen molar-refractivity contribution in [2.45, 2.75) is 59.4 Å². The number of ketones is 1. The zero-order chi connectivity index (χ0) is 20.1. The van der Waals surface area contributed by atoms with Crippen molar-refractivity contribution in [1.29, 1.82) is 0 Å². The van der Waals surface area contributed by atoms with Crippen molar-refractivity contribution in [3.63, 3.8) is 0 Å². The second-order valence-corrected chi connectivity index (χ2v) is 9.06. The molecule has 5 heteroatoms. The molecule has 1 aliphatic heterocycles. The highest BCUT2D eigenvalue weighted by Gasteiger charge is 2.19. The van der Waals surface area contributed by atoms with Crippen LogP contribution >= 0.6 is 0 Å². The smallest absolute Gasteiger partial charge is 0.166 e. The number of likely N-dealkylation sites (tertiary alicyclic amines) is 1. The van der Waals surface area contributed by atoms with E-state index in [0.29, 0.717) is 18.0 Å². The summed E-state index contributed by atoms with van der Waals surface area (Å²) in [6, 6.07) is 8.60. The van der Waals surface area contributed by atoms with E-state index in [0.717, 1.165) is 31.0 Å². The van der Waals surface area contributed by atoms with E-state index in [4.69, 9.17) is 4.74 Å². The fraction of sp³-hybridized carbons (Fsp3) is 0.565. The Kier molecular flexibility index (Phi) is 6.55. The van der Waals surface area contributed by atoms with Crippen LogP contribution in [0.25, 0.3) is 5.69 Å². The minimum Gasteiger partial charge on any atom is -0.494 e. The average molecular weight is 384 g/mol. The van der Waals surface area contributed by atoms with E-state index in [2.05, 4.69) is 37.7 Å². The van der Waals surface area contributed by atoms with Crippen LogP contribution in [0, 0.1) is 5.41 Å². The Balaban J connectivity index is 1.49. The Morgan fingerprint density at radius 3 is 2.64 bits per heavy atom. The van der Waals surface area contributed by atoms with Crippen LogP contribution in [0.5, 0.6) is 5.75 Å². The van der Waals surface area contributed by atoms with Gasteiger partial charge in [-0.2, -0.15) is 5.10 Å². The maximum absolute atomic E-state index is 12.3. The first-order valence-corrected chi connectivity index (χ1v) is 10.4. The lowest BCUT2D eigenvalue weighted by Gasteiger charge is -2.20. The minimum atomic E-state index is -0.0228. The summed E-state index contributed by atoms with van der Waals surface area (Å²) in [6.45, 7) is 11.6. The highest BCUT2D eigenvalue weighted by atomic mass is 16.5. The summed E-state index contributed by atoms with van der Waals surface area (Å²) < 4.78 is 7.62.